The van der Waals surface area contributed by atoms with E-state index < -0.39 is 0 Å². The summed E-state index contributed by atoms with van der Waals surface area (Å²) < 4.78 is 1.84. The summed E-state index contributed by atoms with van der Waals surface area (Å²) >= 11 is 1.41. The SMILES string of the molecule is C[N+]1=NCC2=C1CCSC2=O. The van der Waals surface area contributed by atoms with Gasteiger partial charge in [0.05, 0.1) is 0 Å². The molecule has 11 heavy (non-hydrogen) atoms. The third-order valence-corrected chi connectivity index (χ3v) is 2.92. The van der Waals surface area contributed by atoms with Crippen LogP contribution in [0.3, 0.4) is 0 Å². The highest BCUT2D eigenvalue weighted by Gasteiger charge is 2.32. The molecule has 0 aromatic heterocycles. The molecular formula is C7H9N2OS+. The van der Waals surface area contributed by atoms with E-state index in [1.165, 1.54) is 11.8 Å². The van der Waals surface area contributed by atoms with Gasteiger partial charge in [0.25, 0.3) is 0 Å². The van der Waals surface area contributed by atoms with Gasteiger partial charge in [-0.1, -0.05) is 16.5 Å². The summed E-state index contributed by atoms with van der Waals surface area (Å²) in [5, 5.41) is 4.38. The van der Waals surface area contributed by atoms with Gasteiger partial charge in [0.1, 0.15) is 12.1 Å². The van der Waals surface area contributed by atoms with Crippen LogP contribution in [0.4, 0.5) is 0 Å². The van der Waals surface area contributed by atoms with Gasteiger partial charge in [-0.15, -0.1) is 0 Å². The lowest BCUT2D eigenvalue weighted by Crippen LogP contribution is -2.11. The molecule has 0 atom stereocenters. The normalized spacial score (nSPS) is 23.7. The van der Waals surface area contributed by atoms with Crippen LogP contribution >= 0.6 is 11.8 Å². The van der Waals surface area contributed by atoms with Crippen molar-refractivity contribution >= 4 is 16.9 Å². The number of thioether (sulfide) groups is 1. The minimum atomic E-state index is 0.222. The predicted octanol–water partition coefficient (Wildman–Crippen LogP) is 1.01. The van der Waals surface area contributed by atoms with E-state index in [9.17, 15) is 4.79 Å². The Bertz CT molecular complexity index is 280. The first-order valence-corrected chi connectivity index (χ1v) is 4.58. The second-order valence-corrected chi connectivity index (χ2v) is 3.70. The second-order valence-electron chi connectivity index (χ2n) is 2.63. The molecule has 0 amide bonds. The third-order valence-electron chi connectivity index (χ3n) is 2.00. The van der Waals surface area contributed by atoms with E-state index in [0.717, 1.165) is 23.4 Å². The number of allylic oxidation sites excluding steroid dienone is 1. The summed E-state index contributed by atoms with van der Waals surface area (Å²) in [5.74, 6) is 0.914. The molecule has 2 aliphatic rings. The predicted molar refractivity (Wildman–Crippen MR) is 42.6 cm³/mol. The molecular weight excluding hydrogens is 160 g/mol. The van der Waals surface area contributed by atoms with Gasteiger partial charge in [-0.25, -0.2) is 0 Å². The molecule has 2 heterocycles. The maximum absolute atomic E-state index is 11.2. The van der Waals surface area contributed by atoms with Crippen LogP contribution in [0.1, 0.15) is 6.42 Å². The van der Waals surface area contributed by atoms with E-state index in [2.05, 4.69) is 5.11 Å². The lowest BCUT2D eigenvalue weighted by atomic mass is 10.2. The number of rotatable bonds is 0. The average Bonchev–Trinajstić information content (AvgIpc) is 2.35. The molecule has 4 heteroatoms. The van der Waals surface area contributed by atoms with E-state index in [-0.39, 0.29) is 5.12 Å². The van der Waals surface area contributed by atoms with Crippen molar-refractivity contribution in [2.45, 2.75) is 6.42 Å². The molecule has 0 N–H and O–H groups in total. The Balaban J connectivity index is 2.39. The molecule has 0 bridgehead atoms. The smallest absolute Gasteiger partial charge is 0.223 e. The van der Waals surface area contributed by atoms with Crippen LogP contribution in [-0.4, -0.2) is 29.2 Å². The van der Waals surface area contributed by atoms with Crippen LogP contribution in [0.2, 0.25) is 0 Å². The number of hydrogen-bond acceptors (Lipinski definition) is 3. The Kier molecular flexibility index (Phi) is 1.56. The minimum absolute atomic E-state index is 0.222. The average molecular weight is 169 g/mol. The van der Waals surface area contributed by atoms with Gasteiger partial charge < -0.3 is 0 Å². The minimum Gasteiger partial charge on any atom is -0.282 e. The Labute approximate surface area is 69.2 Å². The highest BCUT2D eigenvalue weighted by molar-refractivity contribution is 8.14. The van der Waals surface area contributed by atoms with Crippen molar-refractivity contribution in [3.8, 4) is 0 Å². The van der Waals surface area contributed by atoms with Crippen molar-refractivity contribution in [2.75, 3.05) is 19.3 Å². The van der Waals surface area contributed by atoms with E-state index in [1.807, 2.05) is 11.7 Å². The van der Waals surface area contributed by atoms with Gasteiger partial charge in [-0.05, 0) is 5.11 Å². The highest BCUT2D eigenvalue weighted by atomic mass is 32.2. The van der Waals surface area contributed by atoms with Gasteiger partial charge in [0, 0.05) is 12.2 Å². The molecule has 58 valence electrons. The van der Waals surface area contributed by atoms with Crippen LogP contribution in [-0.2, 0) is 4.79 Å². The number of azo groups is 2. The first-order valence-electron chi connectivity index (χ1n) is 3.59. The molecule has 2 rings (SSSR count). The molecule has 0 aliphatic carbocycles. The molecule has 2 aliphatic heterocycles. The van der Waals surface area contributed by atoms with Crippen LogP contribution < -0.4 is 0 Å². The van der Waals surface area contributed by atoms with Crippen LogP contribution in [0.5, 0.6) is 0 Å². The maximum atomic E-state index is 11.2. The molecule has 0 fully saturated rings. The zero-order valence-corrected chi connectivity index (χ0v) is 7.15. The van der Waals surface area contributed by atoms with Crippen molar-refractivity contribution in [1.29, 1.82) is 0 Å². The van der Waals surface area contributed by atoms with Gasteiger partial charge in [-0.2, -0.15) is 0 Å². The fourth-order valence-corrected chi connectivity index (χ4v) is 2.21. The van der Waals surface area contributed by atoms with E-state index in [0.29, 0.717) is 6.54 Å². The number of carbonyl (C=O) groups excluding carboxylic acids is 1. The first kappa shape index (κ1) is 7.03. The highest BCUT2D eigenvalue weighted by Crippen LogP contribution is 2.28. The van der Waals surface area contributed by atoms with Crippen LogP contribution in [0.15, 0.2) is 16.4 Å². The summed E-state index contributed by atoms with van der Waals surface area (Å²) in [4.78, 5) is 11.2. The number of hydrogen-bond donors (Lipinski definition) is 0. The quantitative estimate of drug-likeness (QED) is 0.507. The van der Waals surface area contributed by atoms with Gasteiger partial charge >= 0.3 is 0 Å². The molecule has 0 spiro atoms. The summed E-state index contributed by atoms with van der Waals surface area (Å²) in [6.07, 6.45) is 0.992. The largest absolute Gasteiger partial charge is 0.282 e. The Morgan fingerprint density at radius 2 is 2.45 bits per heavy atom. The Morgan fingerprint density at radius 1 is 1.64 bits per heavy atom. The van der Waals surface area contributed by atoms with Gasteiger partial charge in [0.2, 0.25) is 10.8 Å². The van der Waals surface area contributed by atoms with Crippen molar-refractivity contribution in [1.82, 2.24) is 0 Å². The molecule has 0 aromatic carbocycles. The van der Waals surface area contributed by atoms with E-state index >= 15 is 0 Å². The number of carbonyl (C=O) groups is 1. The Hall–Kier alpha value is -0.640. The van der Waals surface area contributed by atoms with Crippen molar-refractivity contribution in [3.05, 3.63) is 11.3 Å². The molecule has 0 radical (unpaired) electrons. The lowest BCUT2D eigenvalue weighted by molar-refractivity contribution is -0.512. The molecule has 0 unspecified atom stereocenters. The zero-order chi connectivity index (χ0) is 7.84. The topological polar surface area (TPSA) is 32.4 Å². The third kappa shape index (κ3) is 1.01. The fraction of sp³-hybridized carbons (Fsp3) is 0.571. The number of nitrogens with zero attached hydrogens (tertiary/aromatic N) is 2. The summed E-state index contributed by atoms with van der Waals surface area (Å²) in [7, 11) is 1.91. The Morgan fingerprint density at radius 3 is 3.18 bits per heavy atom. The summed E-state index contributed by atoms with van der Waals surface area (Å²) in [5.41, 5.74) is 2.05. The molecule has 3 nitrogen and oxygen atoms in total. The van der Waals surface area contributed by atoms with Gasteiger partial charge in [0.15, 0.2) is 7.05 Å². The second kappa shape index (κ2) is 2.44. The van der Waals surface area contributed by atoms with Crippen molar-refractivity contribution in [3.63, 3.8) is 0 Å². The fourth-order valence-electron chi connectivity index (χ4n) is 1.37. The first-order chi connectivity index (χ1) is 5.29. The van der Waals surface area contributed by atoms with Crippen molar-refractivity contribution < 1.29 is 9.49 Å². The van der Waals surface area contributed by atoms with E-state index in [4.69, 9.17) is 0 Å². The molecule has 0 saturated carbocycles. The molecule has 0 aromatic rings. The van der Waals surface area contributed by atoms with Crippen molar-refractivity contribution in [2.24, 2.45) is 5.11 Å². The standard InChI is InChI=1S/C7H9N2OS/c1-9-6-2-3-11-7(10)5(6)4-8-9/h2-4H2,1H3/q+1. The van der Waals surface area contributed by atoms with E-state index in [1.54, 1.807) is 0 Å². The monoisotopic (exact) mass is 169 g/mol. The maximum Gasteiger partial charge on any atom is 0.223 e. The van der Waals surface area contributed by atoms with Gasteiger partial charge in [-0.3, -0.25) is 4.79 Å². The lowest BCUT2D eigenvalue weighted by Gasteiger charge is -2.05. The summed E-state index contributed by atoms with van der Waals surface area (Å²) in [6.45, 7) is 0.595. The van der Waals surface area contributed by atoms with Crippen LogP contribution in [0, 0.1) is 0 Å². The van der Waals surface area contributed by atoms with Crippen LogP contribution in [0.25, 0.3) is 0 Å². The molecule has 0 saturated heterocycles. The zero-order valence-electron chi connectivity index (χ0n) is 6.33. The summed E-state index contributed by atoms with van der Waals surface area (Å²) in [6, 6.07) is 0.